The van der Waals surface area contributed by atoms with Gasteiger partial charge in [0.1, 0.15) is 5.82 Å². The zero-order chi connectivity index (χ0) is 22.1. The third-order valence-corrected chi connectivity index (χ3v) is 5.08. The minimum absolute atomic E-state index is 0.133. The lowest BCUT2D eigenvalue weighted by Crippen LogP contribution is -2.36. The number of carbonyl (C=O) groups is 1. The second-order valence-corrected chi connectivity index (χ2v) is 8.96. The van der Waals surface area contributed by atoms with E-state index in [1.807, 2.05) is 19.1 Å². The van der Waals surface area contributed by atoms with Gasteiger partial charge < -0.3 is 16.0 Å². The summed E-state index contributed by atoms with van der Waals surface area (Å²) in [5.74, 6) is -0.267. The minimum atomic E-state index is -3.25. The SMILES string of the molecule is CCNC(=O)c1cccc(CNC(=NC)NCc2cc(F)ccc2CS(C)(=O)=O)c1. The van der Waals surface area contributed by atoms with Crippen LogP contribution in [0.15, 0.2) is 47.5 Å². The van der Waals surface area contributed by atoms with Crippen LogP contribution in [0.1, 0.15) is 34.0 Å². The zero-order valence-electron chi connectivity index (χ0n) is 17.3. The number of amides is 1. The molecule has 2 rings (SSSR count). The Balaban J connectivity index is 2.02. The van der Waals surface area contributed by atoms with E-state index in [0.717, 1.165) is 11.8 Å². The third-order valence-electron chi connectivity index (χ3n) is 4.24. The number of nitrogens with zero attached hydrogens (tertiary/aromatic N) is 1. The molecule has 2 aromatic rings. The van der Waals surface area contributed by atoms with E-state index in [1.165, 1.54) is 18.2 Å². The van der Waals surface area contributed by atoms with Gasteiger partial charge in [-0.05, 0) is 47.9 Å². The van der Waals surface area contributed by atoms with Gasteiger partial charge in [-0.25, -0.2) is 12.8 Å². The quantitative estimate of drug-likeness (QED) is 0.436. The fourth-order valence-electron chi connectivity index (χ4n) is 2.85. The number of hydrogen-bond donors (Lipinski definition) is 3. The normalized spacial score (nSPS) is 11.8. The van der Waals surface area contributed by atoms with E-state index in [1.54, 1.807) is 19.2 Å². The summed E-state index contributed by atoms with van der Waals surface area (Å²) in [6.07, 6.45) is 1.14. The first-order chi connectivity index (χ1) is 14.2. The number of guanidine groups is 1. The topological polar surface area (TPSA) is 99.7 Å². The van der Waals surface area contributed by atoms with Crippen LogP contribution in [-0.2, 0) is 28.7 Å². The fraction of sp³-hybridized carbons (Fsp3) is 0.333. The molecule has 9 heteroatoms. The summed E-state index contributed by atoms with van der Waals surface area (Å²) in [6.45, 7) is 3.05. The van der Waals surface area contributed by atoms with Crippen LogP contribution in [0, 0.1) is 5.82 Å². The standard InChI is InChI=1S/C21H27FN4O3S/c1-4-24-20(27)16-7-5-6-15(10-16)12-25-21(23-2)26-13-18-11-19(22)9-8-17(18)14-30(3,28)29/h5-11H,4,12-14H2,1-3H3,(H,24,27)(H2,23,25,26). The van der Waals surface area contributed by atoms with Crippen molar-refractivity contribution >= 4 is 21.7 Å². The van der Waals surface area contributed by atoms with Gasteiger partial charge in [-0.2, -0.15) is 0 Å². The van der Waals surface area contributed by atoms with Crippen molar-refractivity contribution in [3.63, 3.8) is 0 Å². The highest BCUT2D eigenvalue weighted by Crippen LogP contribution is 2.14. The number of halogens is 1. The summed E-state index contributed by atoms with van der Waals surface area (Å²) in [4.78, 5) is 16.1. The van der Waals surface area contributed by atoms with Crippen molar-refractivity contribution in [2.45, 2.75) is 25.8 Å². The van der Waals surface area contributed by atoms with Crippen molar-refractivity contribution in [2.75, 3.05) is 19.8 Å². The highest BCUT2D eigenvalue weighted by Gasteiger charge is 2.11. The van der Waals surface area contributed by atoms with Gasteiger partial charge in [-0.15, -0.1) is 0 Å². The predicted octanol–water partition coefficient (Wildman–Crippen LogP) is 1.99. The number of aliphatic imine (C=N–C) groups is 1. The van der Waals surface area contributed by atoms with Gasteiger partial charge >= 0.3 is 0 Å². The molecule has 0 atom stereocenters. The second-order valence-electron chi connectivity index (χ2n) is 6.82. The molecular formula is C21H27FN4O3S. The molecule has 0 spiro atoms. The van der Waals surface area contributed by atoms with Crippen molar-refractivity contribution in [1.29, 1.82) is 0 Å². The Morgan fingerprint density at radius 2 is 1.77 bits per heavy atom. The van der Waals surface area contributed by atoms with Gasteiger partial charge in [0.15, 0.2) is 15.8 Å². The maximum atomic E-state index is 13.7. The molecule has 7 nitrogen and oxygen atoms in total. The molecule has 3 N–H and O–H groups in total. The van der Waals surface area contributed by atoms with E-state index >= 15 is 0 Å². The summed E-state index contributed by atoms with van der Waals surface area (Å²) in [5.41, 5.74) is 2.55. The first-order valence-corrected chi connectivity index (χ1v) is 11.5. The van der Waals surface area contributed by atoms with E-state index in [2.05, 4.69) is 20.9 Å². The van der Waals surface area contributed by atoms with Gasteiger partial charge in [0.25, 0.3) is 5.91 Å². The lowest BCUT2D eigenvalue weighted by atomic mass is 10.1. The predicted molar refractivity (Wildman–Crippen MR) is 116 cm³/mol. The third kappa shape index (κ3) is 7.47. The average Bonchev–Trinajstić information content (AvgIpc) is 2.69. The Labute approximate surface area is 176 Å². The van der Waals surface area contributed by atoms with Gasteiger partial charge in [-0.3, -0.25) is 9.79 Å². The molecule has 0 saturated carbocycles. The maximum absolute atomic E-state index is 13.7. The lowest BCUT2D eigenvalue weighted by Gasteiger charge is -2.15. The van der Waals surface area contributed by atoms with Crippen molar-refractivity contribution in [1.82, 2.24) is 16.0 Å². The number of sulfone groups is 1. The largest absolute Gasteiger partial charge is 0.352 e. The summed E-state index contributed by atoms with van der Waals surface area (Å²) in [5, 5.41) is 8.96. The number of nitrogens with one attached hydrogen (secondary N) is 3. The molecule has 0 saturated heterocycles. The van der Waals surface area contributed by atoms with E-state index in [0.29, 0.717) is 35.7 Å². The Hall–Kier alpha value is -2.94. The van der Waals surface area contributed by atoms with Crippen LogP contribution in [0.4, 0.5) is 4.39 Å². The second kappa shape index (κ2) is 10.7. The van der Waals surface area contributed by atoms with Crippen molar-refractivity contribution in [3.05, 3.63) is 70.5 Å². The molecule has 0 aromatic heterocycles. The van der Waals surface area contributed by atoms with Crippen molar-refractivity contribution in [2.24, 2.45) is 4.99 Å². The molecule has 0 aliphatic rings. The number of hydrogen-bond acceptors (Lipinski definition) is 4. The molecule has 0 aliphatic carbocycles. The first-order valence-electron chi connectivity index (χ1n) is 9.48. The number of rotatable bonds is 8. The van der Waals surface area contributed by atoms with Crippen LogP contribution in [0.3, 0.4) is 0 Å². The van der Waals surface area contributed by atoms with Crippen LogP contribution < -0.4 is 16.0 Å². The summed E-state index contributed by atoms with van der Waals surface area (Å²) >= 11 is 0. The summed E-state index contributed by atoms with van der Waals surface area (Å²) < 4.78 is 36.9. The van der Waals surface area contributed by atoms with Crippen LogP contribution in [0.25, 0.3) is 0 Å². The van der Waals surface area contributed by atoms with Gasteiger partial charge in [0.05, 0.1) is 5.75 Å². The summed E-state index contributed by atoms with van der Waals surface area (Å²) in [7, 11) is -1.65. The first kappa shape index (κ1) is 23.3. The van der Waals surface area contributed by atoms with Crippen LogP contribution in [-0.4, -0.2) is 40.1 Å². The van der Waals surface area contributed by atoms with Crippen LogP contribution >= 0.6 is 0 Å². The number of benzene rings is 2. The molecule has 0 unspecified atom stereocenters. The Bertz CT molecular complexity index is 1020. The lowest BCUT2D eigenvalue weighted by molar-refractivity contribution is 0.0955. The smallest absolute Gasteiger partial charge is 0.251 e. The Kier molecular flexibility index (Phi) is 8.35. The zero-order valence-corrected chi connectivity index (χ0v) is 18.1. The highest BCUT2D eigenvalue weighted by molar-refractivity contribution is 7.89. The highest BCUT2D eigenvalue weighted by atomic mass is 32.2. The fourth-order valence-corrected chi connectivity index (χ4v) is 3.70. The van der Waals surface area contributed by atoms with E-state index in [4.69, 9.17) is 0 Å². The Morgan fingerprint density at radius 3 is 2.43 bits per heavy atom. The molecule has 2 aromatic carbocycles. The van der Waals surface area contributed by atoms with Crippen LogP contribution in [0.2, 0.25) is 0 Å². The maximum Gasteiger partial charge on any atom is 0.251 e. The Morgan fingerprint density at radius 1 is 1.03 bits per heavy atom. The summed E-state index contributed by atoms with van der Waals surface area (Å²) in [6, 6.07) is 11.3. The van der Waals surface area contributed by atoms with Gasteiger partial charge in [0, 0.05) is 38.5 Å². The minimum Gasteiger partial charge on any atom is -0.352 e. The molecule has 0 fully saturated rings. The van der Waals surface area contributed by atoms with E-state index < -0.39 is 15.7 Å². The van der Waals surface area contributed by atoms with Crippen molar-refractivity contribution < 1.29 is 17.6 Å². The van der Waals surface area contributed by atoms with Crippen LogP contribution in [0.5, 0.6) is 0 Å². The molecule has 0 radical (unpaired) electrons. The van der Waals surface area contributed by atoms with Gasteiger partial charge in [-0.1, -0.05) is 18.2 Å². The number of carbonyl (C=O) groups excluding carboxylic acids is 1. The van der Waals surface area contributed by atoms with Crippen molar-refractivity contribution in [3.8, 4) is 0 Å². The van der Waals surface area contributed by atoms with E-state index in [-0.39, 0.29) is 18.2 Å². The van der Waals surface area contributed by atoms with Gasteiger partial charge in [0.2, 0.25) is 0 Å². The monoisotopic (exact) mass is 434 g/mol. The van der Waals surface area contributed by atoms with E-state index in [9.17, 15) is 17.6 Å². The molecule has 30 heavy (non-hydrogen) atoms. The molecule has 162 valence electrons. The molecular weight excluding hydrogens is 407 g/mol. The average molecular weight is 435 g/mol. The molecule has 0 heterocycles. The molecule has 0 bridgehead atoms. The molecule has 1 amide bonds. The molecule has 0 aliphatic heterocycles.